The van der Waals surface area contributed by atoms with Gasteiger partial charge >= 0.3 is 0 Å². The summed E-state index contributed by atoms with van der Waals surface area (Å²) in [5.74, 6) is 0.811. The molecule has 1 aliphatic heterocycles. The summed E-state index contributed by atoms with van der Waals surface area (Å²) in [4.78, 5) is 14.0. The summed E-state index contributed by atoms with van der Waals surface area (Å²) < 4.78 is 5.81. The van der Waals surface area contributed by atoms with Crippen molar-refractivity contribution in [2.24, 2.45) is 5.92 Å². The fraction of sp³-hybridized carbons (Fsp3) is 0.917. The molecule has 0 aromatic rings. The normalized spacial score (nSPS) is 31.5. The second-order valence-corrected chi connectivity index (χ2v) is 5.60. The highest BCUT2D eigenvalue weighted by molar-refractivity contribution is 5.85. The van der Waals surface area contributed by atoms with Gasteiger partial charge in [0.2, 0.25) is 0 Å². The molecule has 1 saturated carbocycles. The van der Waals surface area contributed by atoms with Gasteiger partial charge in [0.05, 0.1) is 18.2 Å². The number of morpholine rings is 1. The van der Waals surface area contributed by atoms with Gasteiger partial charge in [0, 0.05) is 19.0 Å². The SMILES string of the molecule is CC1CN(CC(=O)C2CC2)CC(C)(C)O1. The molecule has 0 aromatic heterocycles. The van der Waals surface area contributed by atoms with E-state index in [4.69, 9.17) is 4.74 Å². The molecule has 1 heterocycles. The first-order valence-electron chi connectivity index (χ1n) is 5.89. The number of Topliss-reactive ketones (excluding diaryl/α,β-unsaturated/α-hetero) is 1. The molecule has 3 heteroatoms. The fourth-order valence-corrected chi connectivity index (χ4v) is 2.46. The predicted molar refractivity (Wildman–Crippen MR) is 58.8 cm³/mol. The highest BCUT2D eigenvalue weighted by Gasteiger charge is 2.35. The zero-order valence-electron chi connectivity index (χ0n) is 9.95. The highest BCUT2D eigenvalue weighted by Crippen LogP contribution is 2.30. The second kappa shape index (κ2) is 3.87. The van der Waals surface area contributed by atoms with Gasteiger partial charge in [-0.05, 0) is 33.6 Å². The largest absolute Gasteiger partial charge is 0.370 e. The summed E-state index contributed by atoms with van der Waals surface area (Å²) in [6.45, 7) is 8.66. The standard InChI is InChI=1S/C12H21NO2/c1-9-6-13(8-12(2,3)15-9)7-11(14)10-4-5-10/h9-10H,4-8H2,1-3H3. The molecular weight excluding hydrogens is 190 g/mol. The molecular formula is C12H21NO2. The van der Waals surface area contributed by atoms with Crippen LogP contribution in [0.4, 0.5) is 0 Å². The molecule has 1 atom stereocenters. The molecule has 1 unspecified atom stereocenters. The van der Waals surface area contributed by atoms with Crippen molar-refractivity contribution >= 4 is 5.78 Å². The Kier molecular flexibility index (Phi) is 2.86. The van der Waals surface area contributed by atoms with Crippen LogP contribution >= 0.6 is 0 Å². The van der Waals surface area contributed by atoms with E-state index >= 15 is 0 Å². The Labute approximate surface area is 91.8 Å². The van der Waals surface area contributed by atoms with Crippen LogP contribution in [0, 0.1) is 5.92 Å². The lowest BCUT2D eigenvalue weighted by atomic mass is 10.0. The maximum atomic E-state index is 11.7. The van der Waals surface area contributed by atoms with E-state index < -0.39 is 0 Å². The number of carbonyl (C=O) groups is 1. The summed E-state index contributed by atoms with van der Waals surface area (Å²) in [6.07, 6.45) is 2.46. The van der Waals surface area contributed by atoms with Crippen LogP contribution in [0.25, 0.3) is 0 Å². The minimum atomic E-state index is -0.110. The molecule has 86 valence electrons. The van der Waals surface area contributed by atoms with Crippen molar-refractivity contribution in [1.29, 1.82) is 0 Å². The zero-order chi connectivity index (χ0) is 11.1. The molecule has 2 aliphatic rings. The van der Waals surface area contributed by atoms with Crippen molar-refractivity contribution in [2.75, 3.05) is 19.6 Å². The van der Waals surface area contributed by atoms with E-state index in [1.54, 1.807) is 0 Å². The van der Waals surface area contributed by atoms with Crippen LogP contribution in [0.3, 0.4) is 0 Å². The monoisotopic (exact) mass is 211 g/mol. The summed E-state index contributed by atoms with van der Waals surface area (Å²) >= 11 is 0. The smallest absolute Gasteiger partial charge is 0.149 e. The zero-order valence-corrected chi connectivity index (χ0v) is 9.95. The van der Waals surface area contributed by atoms with Gasteiger partial charge in [-0.25, -0.2) is 0 Å². The van der Waals surface area contributed by atoms with Crippen LogP contribution in [-0.2, 0) is 9.53 Å². The molecule has 2 fully saturated rings. The number of nitrogens with zero attached hydrogens (tertiary/aromatic N) is 1. The molecule has 2 rings (SSSR count). The molecule has 0 bridgehead atoms. The van der Waals surface area contributed by atoms with Crippen molar-refractivity contribution in [3.8, 4) is 0 Å². The third-order valence-corrected chi connectivity index (χ3v) is 3.05. The van der Waals surface area contributed by atoms with Gasteiger partial charge < -0.3 is 4.74 Å². The van der Waals surface area contributed by atoms with Crippen molar-refractivity contribution < 1.29 is 9.53 Å². The second-order valence-electron chi connectivity index (χ2n) is 5.60. The van der Waals surface area contributed by atoms with Crippen molar-refractivity contribution in [1.82, 2.24) is 4.90 Å². The van der Waals surface area contributed by atoms with Crippen LogP contribution in [0.2, 0.25) is 0 Å². The Morgan fingerprint density at radius 2 is 2.13 bits per heavy atom. The van der Waals surface area contributed by atoms with Crippen molar-refractivity contribution in [3.05, 3.63) is 0 Å². The maximum Gasteiger partial charge on any atom is 0.149 e. The van der Waals surface area contributed by atoms with Crippen LogP contribution in [0.15, 0.2) is 0 Å². The maximum absolute atomic E-state index is 11.7. The van der Waals surface area contributed by atoms with Gasteiger partial charge in [0.1, 0.15) is 5.78 Å². The van der Waals surface area contributed by atoms with Gasteiger partial charge in [-0.1, -0.05) is 0 Å². The van der Waals surface area contributed by atoms with Gasteiger partial charge in [0.15, 0.2) is 0 Å². The Morgan fingerprint density at radius 1 is 1.47 bits per heavy atom. The highest BCUT2D eigenvalue weighted by atomic mass is 16.5. The van der Waals surface area contributed by atoms with Crippen molar-refractivity contribution in [3.63, 3.8) is 0 Å². The van der Waals surface area contributed by atoms with Gasteiger partial charge in [-0.15, -0.1) is 0 Å². The summed E-state index contributed by atoms with van der Waals surface area (Å²) in [5, 5.41) is 0. The minimum Gasteiger partial charge on any atom is -0.370 e. The number of hydrogen-bond acceptors (Lipinski definition) is 3. The molecule has 15 heavy (non-hydrogen) atoms. The minimum absolute atomic E-state index is 0.110. The number of rotatable bonds is 3. The molecule has 1 saturated heterocycles. The first-order valence-corrected chi connectivity index (χ1v) is 5.89. The predicted octanol–water partition coefficient (Wildman–Crippen LogP) is 1.46. The summed E-state index contributed by atoms with van der Waals surface area (Å²) in [6, 6.07) is 0. The van der Waals surface area contributed by atoms with Gasteiger partial charge in [0.25, 0.3) is 0 Å². The molecule has 0 aromatic carbocycles. The van der Waals surface area contributed by atoms with E-state index in [1.165, 1.54) is 0 Å². The Hall–Kier alpha value is -0.410. The Balaban J connectivity index is 1.88. The third-order valence-electron chi connectivity index (χ3n) is 3.05. The summed E-state index contributed by atoms with van der Waals surface area (Å²) in [7, 11) is 0. The van der Waals surface area contributed by atoms with Crippen LogP contribution in [0.1, 0.15) is 33.6 Å². The Morgan fingerprint density at radius 3 is 2.67 bits per heavy atom. The molecule has 1 aliphatic carbocycles. The fourth-order valence-electron chi connectivity index (χ4n) is 2.46. The van der Waals surface area contributed by atoms with E-state index in [9.17, 15) is 4.79 Å². The lowest BCUT2D eigenvalue weighted by molar-refractivity contribution is -0.138. The Bertz CT molecular complexity index is 258. The lowest BCUT2D eigenvalue weighted by Gasteiger charge is -2.41. The third kappa shape index (κ3) is 3.02. The lowest BCUT2D eigenvalue weighted by Crippen LogP contribution is -2.53. The summed E-state index contributed by atoms with van der Waals surface area (Å²) in [5.41, 5.74) is -0.110. The first-order chi connectivity index (χ1) is 6.96. The van der Waals surface area contributed by atoms with Crippen molar-refractivity contribution in [2.45, 2.75) is 45.3 Å². The molecule has 0 radical (unpaired) electrons. The van der Waals surface area contributed by atoms with Gasteiger partial charge in [-0.3, -0.25) is 9.69 Å². The first kappa shape index (κ1) is 11.1. The van der Waals surface area contributed by atoms with Gasteiger partial charge in [-0.2, -0.15) is 0 Å². The molecule has 0 amide bonds. The molecule has 0 spiro atoms. The topological polar surface area (TPSA) is 29.5 Å². The quantitative estimate of drug-likeness (QED) is 0.708. The average molecular weight is 211 g/mol. The van der Waals surface area contributed by atoms with E-state index in [0.29, 0.717) is 18.2 Å². The van der Waals surface area contributed by atoms with Crippen LogP contribution < -0.4 is 0 Å². The van der Waals surface area contributed by atoms with E-state index in [-0.39, 0.29) is 11.7 Å². The number of hydrogen-bond donors (Lipinski definition) is 0. The van der Waals surface area contributed by atoms with Crippen LogP contribution in [0.5, 0.6) is 0 Å². The molecule has 0 N–H and O–H groups in total. The molecule has 3 nitrogen and oxygen atoms in total. The van der Waals surface area contributed by atoms with Crippen LogP contribution in [-0.4, -0.2) is 42.0 Å². The number of ketones is 1. The van der Waals surface area contributed by atoms with E-state index in [0.717, 1.165) is 25.9 Å². The number of carbonyl (C=O) groups excluding carboxylic acids is 1. The van der Waals surface area contributed by atoms with E-state index in [1.807, 2.05) is 0 Å². The average Bonchev–Trinajstić information content (AvgIpc) is 2.80. The van der Waals surface area contributed by atoms with E-state index in [2.05, 4.69) is 25.7 Å². The number of ether oxygens (including phenoxy) is 1.